The molecule has 0 radical (unpaired) electrons. The van der Waals surface area contributed by atoms with Gasteiger partial charge in [0.05, 0.1) is 17.7 Å². The van der Waals surface area contributed by atoms with Gasteiger partial charge in [-0.1, -0.05) is 18.2 Å². The van der Waals surface area contributed by atoms with Crippen LogP contribution in [0.2, 0.25) is 0 Å². The number of rotatable bonds is 5. The van der Waals surface area contributed by atoms with Gasteiger partial charge < -0.3 is 15.1 Å². The van der Waals surface area contributed by atoms with Crippen LogP contribution >= 0.6 is 0 Å². The highest BCUT2D eigenvalue weighted by Crippen LogP contribution is 2.24. The molecule has 108 valence electrons. The van der Waals surface area contributed by atoms with E-state index in [0.717, 1.165) is 28.8 Å². The number of nitrogens with zero attached hydrogens (tertiary/aromatic N) is 2. The first kappa shape index (κ1) is 14.8. The van der Waals surface area contributed by atoms with Crippen molar-refractivity contribution < 1.29 is 10.2 Å². The normalized spacial score (nSPS) is 11.8. The van der Waals surface area contributed by atoms with Crippen LogP contribution in [0.15, 0.2) is 30.3 Å². The third-order valence-corrected chi connectivity index (χ3v) is 3.24. The van der Waals surface area contributed by atoms with E-state index in [0.29, 0.717) is 6.54 Å². The second-order valence-electron chi connectivity index (χ2n) is 5.64. The fourth-order valence-corrected chi connectivity index (χ4v) is 2.35. The summed E-state index contributed by atoms with van der Waals surface area (Å²) < 4.78 is 0. The summed E-state index contributed by atoms with van der Waals surface area (Å²) in [5.74, 6) is 0.789. The first-order chi connectivity index (χ1) is 9.44. The number of aromatic nitrogens is 1. The minimum Gasteiger partial charge on any atom is -0.392 e. The SMILES string of the molecule is CCN(CC(C)(C)O)c1cc(CO)c2ccccc2n1. The Morgan fingerprint density at radius 1 is 1.25 bits per heavy atom. The molecular weight excluding hydrogens is 252 g/mol. The summed E-state index contributed by atoms with van der Waals surface area (Å²) >= 11 is 0. The molecule has 0 amide bonds. The molecule has 0 fully saturated rings. The van der Waals surface area contributed by atoms with Gasteiger partial charge in [0.2, 0.25) is 0 Å². The minimum absolute atomic E-state index is 0.0178. The number of aliphatic hydroxyl groups is 2. The van der Waals surface area contributed by atoms with E-state index in [2.05, 4.69) is 4.98 Å². The highest BCUT2D eigenvalue weighted by molar-refractivity contribution is 5.84. The molecule has 0 bridgehead atoms. The fraction of sp³-hybridized carbons (Fsp3) is 0.438. The summed E-state index contributed by atoms with van der Waals surface area (Å²) in [5, 5.41) is 20.5. The molecule has 0 aliphatic rings. The number of anilines is 1. The van der Waals surface area contributed by atoms with Gasteiger partial charge in [0.15, 0.2) is 0 Å². The van der Waals surface area contributed by atoms with Crippen molar-refractivity contribution in [3.8, 4) is 0 Å². The molecule has 1 aromatic heterocycles. The van der Waals surface area contributed by atoms with Crippen molar-refractivity contribution in [2.75, 3.05) is 18.0 Å². The highest BCUT2D eigenvalue weighted by Gasteiger charge is 2.19. The predicted molar refractivity (Wildman–Crippen MR) is 81.9 cm³/mol. The summed E-state index contributed by atoms with van der Waals surface area (Å²) in [6.07, 6.45) is 0. The standard InChI is InChI=1S/C16H22N2O2/c1-4-18(11-16(2,3)20)15-9-12(10-19)13-7-5-6-8-14(13)17-15/h5-9,19-20H,4,10-11H2,1-3H3. The quantitative estimate of drug-likeness (QED) is 0.878. The molecule has 0 spiro atoms. The van der Waals surface area contributed by atoms with Gasteiger partial charge in [-0.3, -0.25) is 0 Å². The largest absolute Gasteiger partial charge is 0.392 e. The Morgan fingerprint density at radius 2 is 1.95 bits per heavy atom. The van der Waals surface area contributed by atoms with Gasteiger partial charge in [-0.15, -0.1) is 0 Å². The van der Waals surface area contributed by atoms with Crippen LogP contribution in [0.4, 0.5) is 5.82 Å². The van der Waals surface area contributed by atoms with E-state index in [1.165, 1.54) is 0 Å². The lowest BCUT2D eigenvalue weighted by atomic mass is 10.1. The summed E-state index contributed by atoms with van der Waals surface area (Å²) in [6.45, 7) is 6.82. The number of aliphatic hydroxyl groups excluding tert-OH is 1. The van der Waals surface area contributed by atoms with Gasteiger partial charge in [0.25, 0.3) is 0 Å². The molecule has 0 aliphatic carbocycles. The van der Waals surface area contributed by atoms with E-state index >= 15 is 0 Å². The van der Waals surface area contributed by atoms with E-state index in [1.54, 1.807) is 13.8 Å². The average molecular weight is 274 g/mol. The average Bonchev–Trinajstić information content (AvgIpc) is 2.42. The topological polar surface area (TPSA) is 56.6 Å². The third kappa shape index (κ3) is 3.26. The number of benzene rings is 1. The Bertz CT molecular complexity index is 591. The van der Waals surface area contributed by atoms with Gasteiger partial charge in [-0.2, -0.15) is 0 Å². The minimum atomic E-state index is -0.789. The second-order valence-corrected chi connectivity index (χ2v) is 5.64. The molecule has 2 aromatic rings. The smallest absolute Gasteiger partial charge is 0.129 e. The molecule has 1 heterocycles. The Balaban J connectivity index is 2.48. The highest BCUT2D eigenvalue weighted by atomic mass is 16.3. The van der Waals surface area contributed by atoms with Crippen LogP contribution in [0.25, 0.3) is 10.9 Å². The van der Waals surface area contributed by atoms with Crippen LogP contribution in [0.1, 0.15) is 26.3 Å². The maximum atomic E-state index is 10.0. The van der Waals surface area contributed by atoms with Crippen molar-refractivity contribution in [1.29, 1.82) is 0 Å². The number of likely N-dealkylation sites (N-methyl/N-ethyl adjacent to an activating group) is 1. The molecule has 0 saturated heterocycles. The van der Waals surface area contributed by atoms with Gasteiger partial charge in [0, 0.05) is 18.5 Å². The molecule has 1 aromatic carbocycles. The van der Waals surface area contributed by atoms with E-state index in [9.17, 15) is 10.2 Å². The maximum absolute atomic E-state index is 10.0. The van der Waals surface area contributed by atoms with E-state index in [-0.39, 0.29) is 6.61 Å². The van der Waals surface area contributed by atoms with E-state index in [1.807, 2.05) is 42.2 Å². The Kier molecular flexibility index (Phi) is 4.26. The molecule has 0 atom stereocenters. The fourth-order valence-electron chi connectivity index (χ4n) is 2.35. The summed E-state index contributed by atoms with van der Waals surface area (Å²) in [5.41, 5.74) is 0.936. The van der Waals surface area contributed by atoms with Crippen LogP contribution in [-0.4, -0.2) is 33.9 Å². The Morgan fingerprint density at radius 3 is 2.55 bits per heavy atom. The molecule has 0 aliphatic heterocycles. The van der Waals surface area contributed by atoms with E-state index < -0.39 is 5.60 Å². The van der Waals surface area contributed by atoms with Crippen molar-refractivity contribution in [2.24, 2.45) is 0 Å². The van der Waals surface area contributed by atoms with Crippen LogP contribution in [0.5, 0.6) is 0 Å². The number of pyridine rings is 1. The van der Waals surface area contributed by atoms with Crippen LogP contribution in [-0.2, 0) is 6.61 Å². The van der Waals surface area contributed by atoms with Crippen molar-refractivity contribution >= 4 is 16.7 Å². The summed E-state index contributed by atoms with van der Waals surface area (Å²) in [6, 6.07) is 9.68. The summed E-state index contributed by atoms with van der Waals surface area (Å²) in [4.78, 5) is 6.66. The zero-order valence-corrected chi connectivity index (χ0v) is 12.3. The molecule has 2 rings (SSSR count). The van der Waals surface area contributed by atoms with Gasteiger partial charge >= 0.3 is 0 Å². The van der Waals surface area contributed by atoms with Gasteiger partial charge in [0.1, 0.15) is 5.82 Å². The number of hydrogen-bond donors (Lipinski definition) is 2. The maximum Gasteiger partial charge on any atom is 0.129 e. The molecule has 0 unspecified atom stereocenters. The lowest BCUT2D eigenvalue weighted by Crippen LogP contribution is -2.39. The monoisotopic (exact) mass is 274 g/mol. The first-order valence-electron chi connectivity index (χ1n) is 6.91. The van der Waals surface area contributed by atoms with Crippen molar-refractivity contribution in [1.82, 2.24) is 4.98 Å². The predicted octanol–water partition coefficient (Wildman–Crippen LogP) is 2.32. The molecule has 2 N–H and O–H groups in total. The van der Waals surface area contributed by atoms with Crippen LogP contribution < -0.4 is 4.90 Å². The van der Waals surface area contributed by atoms with Gasteiger partial charge in [-0.05, 0) is 38.5 Å². The molecule has 0 saturated carbocycles. The Hall–Kier alpha value is -1.65. The molecule has 4 nitrogen and oxygen atoms in total. The molecular formula is C16H22N2O2. The second kappa shape index (κ2) is 5.77. The van der Waals surface area contributed by atoms with Crippen molar-refractivity contribution in [2.45, 2.75) is 33.0 Å². The number of para-hydroxylation sites is 1. The number of hydrogen-bond acceptors (Lipinski definition) is 4. The van der Waals surface area contributed by atoms with Crippen LogP contribution in [0.3, 0.4) is 0 Å². The lowest BCUT2D eigenvalue weighted by Gasteiger charge is -2.29. The third-order valence-electron chi connectivity index (χ3n) is 3.24. The molecule has 20 heavy (non-hydrogen) atoms. The summed E-state index contributed by atoms with van der Waals surface area (Å²) in [7, 11) is 0. The zero-order valence-electron chi connectivity index (χ0n) is 12.3. The van der Waals surface area contributed by atoms with Crippen molar-refractivity contribution in [3.63, 3.8) is 0 Å². The van der Waals surface area contributed by atoms with Gasteiger partial charge in [-0.25, -0.2) is 4.98 Å². The van der Waals surface area contributed by atoms with Crippen LogP contribution in [0, 0.1) is 0 Å². The first-order valence-corrected chi connectivity index (χ1v) is 6.91. The zero-order chi connectivity index (χ0) is 14.8. The number of fused-ring (bicyclic) bond motifs is 1. The Labute approximate surface area is 119 Å². The lowest BCUT2D eigenvalue weighted by molar-refractivity contribution is 0.0874. The molecule has 4 heteroatoms. The van der Waals surface area contributed by atoms with Crippen molar-refractivity contribution in [3.05, 3.63) is 35.9 Å². The van der Waals surface area contributed by atoms with E-state index in [4.69, 9.17) is 0 Å².